The number of carboxylic acid groups (broad SMARTS) is 1. The molecule has 1 heterocycles. The molecule has 1 aromatic rings. The van der Waals surface area contributed by atoms with Crippen molar-refractivity contribution in [2.45, 2.75) is 24.2 Å². The minimum atomic E-state index is -3.85. The van der Waals surface area contributed by atoms with E-state index in [1.807, 2.05) is 0 Å². The lowest BCUT2D eigenvalue weighted by Crippen LogP contribution is -2.37. The molecule has 22 heavy (non-hydrogen) atoms. The molecule has 1 aromatic carbocycles. The maximum atomic E-state index is 12.8. The van der Waals surface area contributed by atoms with Crippen LogP contribution < -0.4 is 0 Å². The number of hydrogen-bond acceptors (Lipinski definition) is 3. The van der Waals surface area contributed by atoms with Crippen molar-refractivity contribution >= 4 is 39.2 Å². The quantitative estimate of drug-likeness (QED) is 0.895. The van der Waals surface area contributed by atoms with E-state index in [-0.39, 0.29) is 33.9 Å². The largest absolute Gasteiger partial charge is 0.481 e. The summed E-state index contributed by atoms with van der Waals surface area (Å²) in [6.07, 6.45) is 2.08. The van der Waals surface area contributed by atoms with Crippen LogP contribution in [0.25, 0.3) is 0 Å². The molecule has 0 bridgehead atoms. The molecule has 0 amide bonds. The molecule has 1 saturated heterocycles. The third-order valence-electron chi connectivity index (χ3n) is 4.80. The fourth-order valence-corrected chi connectivity index (χ4v) is 5.89. The summed E-state index contributed by atoms with van der Waals surface area (Å²) in [4.78, 5) is 11.6. The van der Waals surface area contributed by atoms with E-state index in [4.69, 9.17) is 23.2 Å². The van der Waals surface area contributed by atoms with Crippen molar-refractivity contribution in [1.29, 1.82) is 0 Å². The molecule has 0 radical (unpaired) electrons. The molecule has 1 aliphatic carbocycles. The van der Waals surface area contributed by atoms with E-state index >= 15 is 0 Å². The summed E-state index contributed by atoms with van der Waals surface area (Å²) in [7, 11) is -3.85. The second kappa shape index (κ2) is 5.37. The zero-order valence-corrected chi connectivity index (χ0v) is 14.0. The maximum Gasteiger partial charge on any atom is 0.311 e. The van der Waals surface area contributed by atoms with Gasteiger partial charge in [0.15, 0.2) is 0 Å². The molecule has 2 fully saturated rings. The molecule has 1 N–H and O–H groups in total. The summed E-state index contributed by atoms with van der Waals surface area (Å²) in [5.41, 5.74) is -0.960. The first kappa shape index (κ1) is 16.1. The number of hydrogen-bond donors (Lipinski definition) is 1. The first-order valence-electron chi connectivity index (χ1n) is 6.96. The second-order valence-corrected chi connectivity index (χ2v) is 8.59. The van der Waals surface area contributed by atoms with Gasteiger partial charge >= 0.3 is 5.97 Å². The number of nitrogens with zero attached hydrogens (tertiary/aromatic N) is 1. The van der Waals surface area contributed by atoms with Gasteiger partial charge in [0, 0.05) is 13.1 Å². The Morgan fingerprint density at radius 1 is 1.36 bits per heavy atom. The van der Waals surface area contributed by atoms with Crippen molar-refractivity contribution in [2.24, 2.45) is 11.3 Å². The molecule has 0 aromatic heterocycles. The molecule has 2 aliphatic rings. The number of halogens is 2. The van der Waals surface area contributed by atoms with Crippen molar-refractivity contribution in [2.75, 3.05) is 13.1 Å². The van der Waals surface area contributed by atoms with Crippen LogP contribution in [0.5, 0.6) is 0 Å². The topological polar surface area (TPSA) is 74.7 Å². The van der Waals surface area contributed by atoms with Crippen molar-refractivity contribution in [3.63, 3.8) is 0 Å². The molecule has 2 atom stereocenters. The average Bonchev–Trinajstić information content (AvgIpc) is 2.99. The zero-order chi connectivity index (χ0) is 16.1. The Hall–Kier alpha value is -0.820. The van der Waals surface area contributed by atoms with Gasteiger partial charge < -0.3 is 5.11 Å². The van der Waals surface area contributed by atoms with E-state index in [2.05, 4.69) is 0 Å². The second-order valence-electron chi connectivity index (χ2n) is 5.90. The Morgan fingerprint density at radius 3 is 2.73 bits per heavy atom. The molecule has 0 spiro atoms. The number of carbonyl (C=O) groups is 1. The minimum absolute atomic E-state index is 0.00181. The Morgan fingerprint density at radius 2 is 2.09 bits per heavy atom. The average molecular weight is 364 g/mol. The van der Waals surface area contributed by atoms with Crippen LogP contribution in [0.3, 0.4) is 0 Å². The molecule has 3 rings (SSSR count). The van der Waals surface area contributed by atoms with Crippen LogP contribution in [0.1, 0.15) is 19.3 Å². The summed E-state index contributed by atoms with van der Waals surface area (Å²) >= 11 is 11.9. The van der Waals surface area contributed by atoms with Crippen LogP contribution >= 0.6 is 23.2 Å². The summed E-state index contributed by atoms with van der Waals surface area (Å²) in [5, 5.41) is 9.70. The van der Waals surface area contributed by atoms with E-state index in [1.54, 1.807) is 0 Å². The predicted octanol–water partition coefficient (Wildman–Crippen LogP) is 2.87. The van der Waals surface area contributed by atoms with Crippen LogP contribution in [0.2, 0.25) is 10.0 Å². The summed E-state index contributed by atoms with van der Waals surface area (Å²) in [6, 6.07) is 4.43. The van der Waals surface area contributed by atoms with Crippen molar-refractivity contribution in [3.05, 3.63) is 28.2 Å². The van der Waals surface area contributed by atoms with E-state index in [9.17, 15) is 18.3 Å². The van der Waals surface area contributed by atoms with Gasteiger partial charge in [0.25, 0.3) is 0 Å². The first-order chi connectivity index (χ1) is 10.3. The third kappa shape index (κ3) is 2.24. The van der Waals surface area contributed by atoms with Crippen LogP contribution in [0, 0.1) is 11.3 Å². The molecule has 120 valence electrons. The smallest absolute Gasteiger partial charge is 0.311 e. The van der Waals surface area contributed by atoms with E-state index < -0.39 is 21.4 Å². The summed E-state index contributed by atoms with van der Waals surface area (Å²) in [5.74, 6) is -1.05. The molecule has 8 heteroatoms. The molecular formula is C14H15Cl2NO4S. The number of sulfonamides is 1. The first-order valence-corrected chi connectivity index (χ1v) is 9.16. The minimum Gasteiger partial charge on any atom is -0.481 e. The molecule has 5 nitrogen and oxygen atoms in total. The number of rotatable bonds is 3. The summed E-state index contributed by atoms with van der Waals surface area (Å²) in [6.45, 7) is 0.218. The molecular weight excluding hydrogens is 349 g/mol. The Labute approximate surface area is 138 Å². The fraction of sp³-hybridized carbons (Fsp3) is 0.500. The number of aliphatic carboxylic acids is 1. The van der Waals surface area contributed by atoms with Crippen LogP contribution in [-0.4, -0.2) is 36.9 Å². The predicted molar refractivity (Wildman–Crippen MR) is 82.6 cm³/mol. The Balaban J connectivity index is 1.99. The lowest BCUT2D eigenvalue weighted by atomic mass is 9.81. The van der Waals surface area contributed by atoms with Gasteiger partial charge in [-0.25, -0.2) is 8.42 Å². The van der Waals surface area contributed by atoms with Gasteiger partial charge in [-0.15, -0.1) is 0 Å². The molecule has 0 unspecified atom stereocenters. The van der Waals surface area contributed by atoms with Gasteiger partial charge in [0.2, 0.25) is 10.0 Å². The highest BCUT2D eigenvalue weighted by Crippen LogP contribution is 2.50. The van der Waals surface area contributed by atoms with Gasteiger partial charge in [0.1, 0.15) is 4.90 Å². The third-order valence-corrected chi connectivity index (χ3v) is 7.58. The lowest BCUT2D eigenvalue weighted by Gasteiger charge is -2.23. The van der Waals surface area contributed by atoms with Crippen molar-refractivity contribution < 1.29 is 18.3 Å². The van der Waals surface area contributed by atoms with Gasteiger partial charge in [-0.3, -0.25) is 4.79 Å². The van der Waals surface area contributed by atoms with Gasteiger partial charge in [-0.2, -0.15) is 4.31 Å². The van der Waals surface area contributed by atoms with Gasteiger partial charge in [0.05, 0.1) is 15.5 Å². The molecule has 1 saturated carbocycles. The van der Waals surface area contributed by atoms with E-state index in [0.29, 0.717) is 6.42 Å². The lowest BCUT2D eigenvalue weighted by molar-refractivity contribution is -0.149. The highest BCUT2D eigenvalue weighted by molar-refractivity contribution is 7.89. The highest BCUT2D eigenvalue weighted by atomic mass is 35.5. The number of benzene rings is 1. The Kier molecular flexibility index (Phi) is 3.92. The van der Waals surface area contributed by atoms with Crippen molar-refractivity contribution in [1.82, 2.24) is 4.31 Å². The maximum absolute atomic E-state index is 12.8. The van der Waals surface area contributed by atoms with E-state index in [0.717, 1.165) is 12.8 Å². The summed E-state index contributed by atoms with van der Waals surface area (Å²) < 4.78 is 26.8. The van der Waals surface area contributed by atoms with Gasteiger partial charge in [-0.05, 0) is 30.9 Å². The molecule has 1 aliphatic heterocycles. The normalized spacial score (nSPS) is 28.7. The van der Waals surface area contributed by atoms with E-state index in [1.165, 1.54) is 22.5 Å². The monoisotopic (exact) mass is 363 g/mol. The number of fused-ring (bicyclic) bond motifs is 1. The number of carboxylic acids is 1. The fourth-order valence-electron chi connectivity index (χ4n) is 3.60. The van der Waals surface area contributed by atoms with Crippen LogP contribution in [0.4, 0.5) is 0 Å². The zero-order valence-electron chi connectivity index (χ0n) is 11.6. The Bertz CT molecular complexity index is 736. The SMILES string of the molecule is O=C(O)[C@@]12CCC[C@H]1CN(S(=O)(=O)c1cccc(Cl)c1Cl)C2. The van der Waals surface area contributed by atoms with Crippen molar-refractivity contribution in [3.8, 4) is 0 Å². The standard InChI is InChI=1S/C14H15Cl2NO4S/c15-10-4-1-5-11(12(10)16)22(20,21)17-7-9-3-2-6-14(9,8-17)13(18)19/h1,4-5,9H,2-3,6-8H2,(H,18,19)/t9-,14+/m0/s1. The van der Waals surface area contributed by atoms with Gasteiger partial charge in [-0.1, -0.05) is 35.7 Å². The van der Waals surface area contributed by atoms with Crippen LogP contribution in [-0.2, 0) is 14.8 Å². The highest BCUT2D eigenvalue weighted by Gasteiger charge is 2.57. The van der Waals surface area contributed by atoms with Crippen LogP contribution in [0.15, 0.2) is 23.1 Å².